The first-order valence-corrected chi connectivity index (χ1v) is 4.31. The van der Waals surface area contributed by atoms with E-state index in [1.54, 1.807) is 13.0 Å². The Labute approximate surface area is 83.0 Å². The Kier molecular flexibility index (Phi) is 3.51. The number of halogens is 1. The normalized spacial score (nSPS) is 11.3. The summed E-state index contributed by atoms with van der Waals surface area (Å²) in [6.45, 7) is 3.64. The molecular formula is C11H13FO2. The summed E-state index contributed by atoms with van der Waals surface area (Å²) in [6.07, 6.45) is 1.80. The maximum atomic E-state index is 12.9. The number of allylic oxidation sites excluding steroid dienone is 2. The quantitative estimate of drug-likeness (QED) is 0.691. The molecule has 0 atom stereocenters. The average molecular weight is 196 g/mol. The summed E-state index contributed by atoms with van der Waals surface area (Å²) in [7, 11) is 1.52. The first-order chi connectivity index (χ1) is 6.67. The maximum Gasteiger partial charge on any atom is 0.171 e. The smallest absolute Gasteiger partial charge is 0.171 e. The van der Waals surface area contributed by atoms with Crippen molar-refractivity contribution in [1.29, 1.82) is 0 Å². The molecule has 0 radical (unpaired) electrons. The van der Waals surface area contributed by atoms with Crippen molar-refractivity contribution in [3.63, 3.8) is 0 Å². The summed E-state index contributed by atoms with van der Waals surface area (Å²) in [6, 6.07) is 4.16. The van der Waals surface area contributed by atoms with Crippen LogP contribution in [-0.2, 0) is 0 Å². The molecule has 0 aromatic heterocycles. The van der Waals surface area contributed by atoms with E-state index in [-0.39, 0.29) is 5.82 Å². The van der Waals surface area contributed by atoms with Crippen LogP contribution in [0.25, 0.3) is 0 Å². The van der Waals surface area contributed by atoms with Crippen molar-refractivity contribution in [1.82, 2.24) is 0 Å². The highest BCUT2D eigenvalue weighted by Gasteiger charge is 2.05. The van der Waals surface area contributed by atoms with Crippen molar-refractivity contribution >= 4 is 0 Å². The Morgan fingerprint density at radius 1 is 1.36 bits per heavy atom. The maximum absolute atomic E-state index is 12.9. The van der Waals surface area contributed by atoms with Crippen LogP contribution in [0.4, 0.5) is 4.39 Å². The van der Waals surface area contributed by atoms with E-state index in [4.69, 9.17) is 9.47 Å². The summed E-state index contributed by atoms with van der Waals surface area (Å²) < 4.78 is 23.3. The van der Waals surface area contributed by atoms with Gasteiger partial charge in [-0.2, -0.15) is 0 Å². The number of ether oxygens (including phenoxy) is 2. The predicted molar refractivity (Wildman–Crippen MR) is 53.0 cm³/mol. The third kappa shape index (κ3) is 2.49. The van der Waals surface area contributed by atoms with Crippen LogP contribution in [0.2, 0.25) is 0 Å². The van der Waals surface area contributed by atoms with Crippen molar-refractivity contribution in [3.8, 4) is 11.5 Å². The summed E-state index contributed by atoms with van der Waals surface area (Å²) in [5.41, 5.74) is 0. The van der Waals surface area contributed by atoms with Crippen molar-refractivity contribution in [2.75, 3.05) is 7.11 Å². The minimum absolute atomic E-state index is 0.343. The molecule has 0 saturated heterocycles. The molecule has 76 valence electrons. The Morgan fingerprint density at radius 3 is 2.64 bits per heavy atom. The van der Waals surface area contributed by atoms with Gasteiger partial charge < -0.3 is 9.47 Å². The first-order valence-electron chi connectivity index (χ1n) is 4.31. The molecule has 1 aromatic rings. The van der Waals surface area contributed by atoms with Crippen molar-refractivity contribution < 1.29 is 13.9 Å². The van der Waals surface area contributed by atoms with Crippen LogP contribution in [0.1, 0.15) is 13.8 Å². The van der Waals surface area contributed by atoms with Crippen molar-refractivity contribution in [3.05, 3.63) is 35.9 Å². The van der Waals surface area contributed by atoms with E-state index < -0.39 is 0 Å². The third-order valence-corrected chi connectivity index (χ3v) is 1.80. The van der Waals surface area contributed by atoms with Crippen LogP contribution < -0.4 is 9.47 Å². The molecule has 0 unspecified atom stereocenters. The van der Waals surface area contributed by atoms with E-state index >= 15 is 0 Å². The molecule has 0 aliphatic rings. The fraction of sp³-hybridized carbons (Fsp3) is 0.273. The minimum Gasteiger partial charge on any atom is -0.493 e. The zero-order chi connectivity index (χ0) is 10.6. The standard InChI is InChI=1S/C11H13FO2/c1-4-8(2)14-11-7-9(12)5-6-10(11)13-3/h4-7H,1-3H3/b8-4+. The number of methoxy groups -OCH3 is 1. The molecule has 3 heteroatoms. The van der Waals surface area contributed by atoms with Gasteiger partial charge in [0.25, 0.3) is 0 Å². The molecule has 0 fully saturated rings. The van der Waals surface area contributed by atoms with Crippen LogP contribution in [-0.4, -0.2) is 7.11 Å². The highest BCUT2D eigenvalue weighted by atomic mass is 19.1. The van der Waals surface area contributed by atoms with E-state index in [1.807, 2.05) is 6.92 Å². The SMILES string of the molecule is C/C=C(\C)Oc1cc(F)ccc1OC. The van der Waals surface area contributed by atoms with E-state index in [0.717, 1.165) is 0 Å². The second-order valence-corrected chi connectivity index (χ2v) is 2.80. The highest BCUT2D eigenvalue weighted by molar-refractivity contribution is 5.40. The van der Waals surface area contributed by atoms with Crippen molar-refractivity contribution in [2.24, 2.45) is 0 Å². The largest absolute Gasteiger partial charge is 0.493 e. The molecule has 1 aromatic carbocycles. The van der Waals surface area contributed by atoms with E-state index in [9.17, 15) is 4.39 Å². The molecule has 14 heavy (non-hydrogen) atoms. The lowest BCUT2D eigenvalue weighted by atomic mass is 10.3. The molecular weight excluding hydrogens is 183 g/mol. The monoisotopic (exact) mass is 196 g/mol. The minimum atomic E-state index is -0.343. The Morgan fingerprint density at radius 2 is 2.07 bits per heavy atom. The van der Waals surface area contributed by atoms with Crippen LogP contribution in [0, 0.1) is 5.82 Å². The fourth-order valence-corrected chi connectivity index (χ4v) is 0.963. The fourth-order valence-electron chi connectivity index (χ4n) is 0.963. The summed E-state index contributed by atoms with van der Waals surface area (Å²) >= 11 is 0. The number of hydrogen-bond donors (Lipinski definition) is 0. The third-order valence-electron chi connectivity index (χ3n) is 1.80. The van der Waals surface area contributed by atoms with Gasteiger partial charge in [0.15, 0.2) is 11.5 Å². The predicted octanol–water partition coefficient (Wildman–Crippen LogP) is 3.14. The zero-order valence-corrected chi connectivity index (χ0v) is 8.50. The van der Waals surface area contributed by atoms with Crippen LogP contribution in [0.5, 0.6) is 11.5 Å². The molecule has 0 saturated carbocycles. The topological polar surface area (TPSA) is 18.5 Å². The van der Waals surface area contributed by atoms with E-state index in [0.29, 0.717) is 17.3 Å². The summed E-state index contributed by atoms with van der Waals surface area (Å²) in [4.78, 5) is 0. The van der Waals surface area contributed by atoms with Gasteiger partial charge in [-0.25, -0.2) is 4.39 Å². The molecule has 1 rings (SSSR count). The second-order valence-electron chi connectivity index (χ2n) is 2.80. The summed E-state index contributed by atoms with van der Waals surface area (Å²) in [5, 5.41) is 0. The molecule has 0 amide bonds. The van der Waals surface area contributed by atoms with Gasteiger partial charge in [-0.15, -0.1) is 0 Å². The second kappa shape index (κ2) is 4.65. The molecule has 0 heterocycles. The molecule has 0 bridgehead atoms. The summed E-state index contributed by atoms with van der Waals surface area (Å²) in [5.74, 6) is 1.27. The van der Waals surface area contributed by atoms with Gasteiger partial charge in [-0.05, 0) is 32.1 Å². The Bertz CT molecular complexity index is 345. The molecule has 0 aliphatic heterocycles. The lowest BCUT2D eigenvalue weighted by molar-refractivity contribution is 0.359. The van der Waals surface area contributed by atoms with Crippen LogP contribution in [0.15, 0.2) is 30.0 Å². The molecule has 0 spiro atoms. The van der Waals surface area contributed by atoms with Crippen molar-refractivity contribution in [2.45, 2.75) is 13.8 Å². The molecule has 2 nitrogen and oxygen atoms in total. The highest BCUT2D eigenvalue weighted by Crippen LogP contribution is 2.28. The molecule has 0 aliphatic carbocycles. The number of rotatable bonds is 3. The average Bonchev–Trinajstić information content (AvgIpc) is 2.18. The van der Waals surface area contributed by atoms with Gasteiger partial charge in [0.1, 0.15) is 5.82 Å². The van der Waals surface area contributed by atoms with Gasteiger partial charge in [0, 0.05) is 6.07 Å². The zero-order valence-electron chi connectivity index (χ0n) is 8.50. The van der Waals surface area contributed by atoms with Crippen LogP contribution >= 0.6 is 0 Å². The van der Waals surface area contributed by atoms with Gasteiger partial charge >= 0.3 is 0 Å². The van der Waals surface area contributed by atoms with Crippen LogP contribution in [0.3, 0.4) is 0 Å². The Balaban J connectivity index is 2.99. The van der Waals surface area contributed by atoms with Gasteiger partial charge in [0.05, 0.1) is 12.9 Å². The Hall–Kier alpha value is -1.51. The first kappa shape index (κ1) is 10.6. The molecule has 0 N–H and O–H groups in total. The lowest BCUT2D eigenvalue weighted by Gasteiger charge is -2.09. The van der Waals surface area contributed by atoms with Gasteiger partial charge in [-0.3, -0.25) is 0 Å². The number of benzene rings is 1. The van der Waals surface area contributed by atoms with Gasteiger partial charge in [0.2, 0.25) is 0 Å². The van der Waals surface area contributed by atoms with E-state index in [1.165, 1.54) is 25.3 Å². The van der Waals surface area contributed by atoms with E-state index in [2.05, 4.69) is 0 Å². The number of hydrogen-bond acceptors (Lipinski definition) is 2. The van der Waals surface area contributed by atoms with Gasteiger partial charge in [-0.1, -0.05) is 0 Å². The lowest BCUT2D eigenvalue weighted by Crippen LogP contribution is -1.94.